The summed E-state index contributed by atoms with van der Waals surface area (Å²) in [6.45, 7) is 1.97. The maximum absolute atomic E-state index is 12.2. The second-order valence-corrected chi connectivity index (χ2v) is 5.95. The van der Waals surface area contributed by atoms with E-state index in [9.17, 15) is 9.59 Å². The Morgan fingerprint density at radius 1 is 1.19 bits per heavy atom. The molecule has 1 aliphatic heterocycles. The van der Waals surface area contributed by atoms with Crippen LogP contribution in [0.2, 0.25) is 0 Å². The number of nitrogens with zero attached hydrogens (tertiary/aromatic N) is 2. The van der Waals surface area contributed by atoms with Gasteiger partial charge in [0.25, 0.3) is 0 Å². The van der Waals surface area contributed by atoms with Crippen LogP contribution < -0.4 is 5.32 Å². The highest BCUT2D eigenvalue weighted by molar-refractivity contribution is 5.82. The van der Waals surface area contributed by atoms with Crippen LogP contribution in [0.25, 0.3) is 0 Å². The average Bonchev–Trinajstić information content (AvgIpc) is 3.38. The van der Waals surface area contributed by atoms with E-state index in [0.717, 1.165) is 44.3 Å². The van der Waals surface area contributed by atoms with E-state index in [1.807, 2.05) is 17.0 Å². The van der Waals surface area contributed by atoms with Crippen LogP contribution in [-0.2, 0) is 16.1 Å². The molecule has 5 heteroatoms. The molecular formula is C16H21N3O2. The van der Waals surface area contributed by atoms with Gasteiger partial charge < -0.3 is 10.2 Å². The van der Waals surface area contributed by atoms with Gasteiger partial charge in [0, 0.05) is 43.9 Å². The fraction of sp³-hybridized carbons (Fsp3) is 0.562. The molecule has 0 spiro atoms. The van der Waals surface area contributed by atoms with E-state index in [-0.39, 0.29) is 17.7 Å². The molecule has 112 valence electrons. The van der Waals surface area contributed by atoms with Gasteiger partial charge in [0.15, 0.2) is 0 Å². The molecule has 0 bridgehead atoms. The predicted octanol–water partition coefficient (Wildman–Crippen LogP) is 1.35. The summed E-state index contributed by atoms with van der Waals surface area (Å²) >= 11 is 0. The lowest BCUT2D eigenvalue weighted by Crippen LogP contribution is -2.43. The normalized spacial score (nSPS) is 19.3. The lowest BCUT2D eigenvalue weighted by atomic mass is 9.95. The molecule has 21 heavy (non-hydrogen) atoms. The highest BCUT2D eigenvalue weighted by atomic mass is 16.2. The molecule has 1 N–H and O–H groups in total. The quantitative estimate of drug-likeness (QED) is 0.909. The summed E-state index contributed by atoms with van der Waals surface area (Å²) in [6, 6.07) is 3.81. The van der Waals surface area contributed by atoms with E-state index in [1.165, 1.54) is 0 Å². The van der Waals surface area contributed by atoms with Gasteiger partial charge in [-0.2, -0.15) is 0 Å². The Labute approximate surface area is 124 Å². The molecular weight excluding hydrogens is 266 g/mol. The highest BCUT2D eigenvalue weighted by Gasteiger charge is 2.35. The van der Waals surface area contributed by atoms with Crippen molar-refractivity contribution in [1.82, 2.24) is 15.2 Å². The van der Waals surface area contributed by atoms with E-state index >= 15 is 0 Å². The molecule has 3 rings (SSSR count). The zero-order valence-electron chi connectivity index (χ0n) is 12.1. The Hall–Kier alpha value is -1.91. The number of carbonyl (C=O) groups excluding carboxylic acids is 2. The first-order valence-corrected chi connectivity index (χ1v) is 7.69. The van der Waals surface area contributed by atoms with Crippen LogP contribution in [0.1, 0.15) is 31.2 Å². The molecule has 2 heterocycles. The van der Waals surface area contributed by atoms with Gasteiger partial charge in [-0.1, -0.05) is 6.07 Å². The maximum Gasteiger partial charge on any atom is 0.225 e. The standard InChI is InChI=1S/C16H21N3O2/c20-15(18-11-12-2-1-7-17-10-12)13-5-8-19(9-6-13)16(21)14-3-4-14/h1-2,7,10,13-14H,3-6,8-9,11H2,(H,18,20). The summed E-state index contributed by atoms with van der Waals surface area (Å²) in [7, 11) is 0. The van der Waals surface area contributed by atoms with Gasteiger partial charge >= 0.3 is 0 Å². The molecule has 1 aromatic heterocycles. The number of amides is 2. The minimum atomic E-state index is 0.0323. The first kappa shape index (κ1) is 14.0. The van der Waals surface area contributed by atoms with Gasteiger partial charge in [0.05, 0.1) is 0 Å². The molecule has 0 radical (unpaired) electrons. The van der Waals surface area contributed by atoms with Gasteiger partial charge in [-0.05, 0) is 37.3 Å². The zero-order valence-corrected chi connectivity index (χ0v) is 12.1. The van der Waals surface area contributed by atoms with Crippen LogP contribution in [0.5, 0.6) is 0 Å². The van der Waals surface area contributed by atoms with Crippen LogP contribution >= 0.6 is 0 Å². The molecule has 0 aromatic carbocycles. The topological polar surface area (TPSA) is 62.3 Å². The number of hydrogen-bond donors (Lipinski definition) is 1. The van der Waals surface area contributed by atoms with Crippen molar-refractivity contribution >= 4 is 11.8 Å². The lowest BCUT2D eigenvalue weighted by molar-refractivity contribution is -0.136. The van der Waals surface area contributed by atoms with Gasteiger partial charge in [-0.3, -0.25) is 14.6 Å². The first-order chi connectivity index (χ1) is 10.2. The minimum Gasteiger partial charge on any atom is -0.352 e. The predicted molar refractivity (Wildman–Crippen MR) is 78.1 cm³/mol. The molecule has 0 unspecified atom stereocenters. The Balaban J connectivity index is 1.43. The van der Waals surface area contributed by atoms with Crippen molar-refractivity contribution in [3.05, 3.63) is 30.1 Å². The number of nitrogens with one attached hydrogen (secondary N) is 1. The summed E-state index contributed by atoms with van der Waals surface area (Å²) < 4.78 is 0. The Morgan fingerprint density at radius 2 is 1.95 bits per heavy atom. The number of likely N-dealkylation sites (tertiary alicyclic amines) is 1. The fourth-order valence-electron chi connectivity index (χ4n) is 2.79. The van der Waals surface area contributed by atoms with Crippen molar-refractivity contribution in [2.24, 2.45) is 11.8 Å². The second kappa shape index (κ2) is 6.24. The van der Waals surface area contributed by atoms with Crippen molar-refractivity contribution in [2.45, 2.75) is 32.2 Å². The molecule has 1 aliphatic carbocycles. The van der Waals surface area contributed by atoms with Crippen LogP contribution in [0.3, 0.4) is 0 Å². The molecule has 2 fully saturated rings. The van der Waals surface area contributed by atoms with E-state index in [2.05, 4.69) is 10.3 Å². The van der Waals surface area contributed by atoms with E-state index in [1.54, 1.807) is 12.4 Å². The van der Waals surface area contributed by atoms with Gasteiger partial charge in [-0.15, -0.1) is 0 Å². The van der Waals surface area contributed by atoms with Crippen molar-refractivity contribution in [3.63, 3.8) is 0 Å². The fourth-order valence-corrected chi connectivity index (χ4v) is 2.79. The second-order valence-electron chi connectivity index (χ2n) is 5.95. The molecule has 0 atom stereocenters. The lowest BCUT2D eigenvalue weighted by Gasteiger charge is -2.31. The molecule has 2 aliphatic rings. The Morgan fingerprint density at radius 3 is 2.57 bits per heavy atom. The van der Waals surface area contributed by atoms with E-state index in [4.69, 9.17) is 0 Å². The summed E-state index contributed by atoms with van der Waals surface area (Å²) in [5.74, 6) is 0.701. The van der Waals surface area contributed by atoms with Gasteiger partial charge in [0.2, 0.25) is 11.8 Å². The van der Waals surface area contributed by atoms with Crippen molar-refractivity contribution in [3.8, 4) is 0 Å². The number of carbonyl (C=O) groups is 2. The Kier molecular flexibility index (Phi) is 4.18. The van der Waals surface area contributed by atoms with Gasteiger partial charge in [0.1, 0.15) is 0 Å². The SMILES string of the molecule is O=C(NCc1cccnc1)C1CCN(C(=O)C2CC2)CC1. The number of pyridine rings is 1. The maximum atomic E-state index is 12.2. The monoisotopic (exact) mass is 287 g/mol. The summed E-state index contributed by atoms with van der Waals surface area (Å²) in [4.78, 5) is 30.1. The number of rotatable bonds is 4. The van der Waals surface area contributed by atoms with Gasteiger partial charge in [-0.25, -0.2) is 0 Å². The molecule has 5 nitrogen and oxygen atoms in total. The third kappa shape index (κ3) is 3.60. The Bertz CT molecular complexity index is 506. The van der Waals surface area contributed by atoms with E-state index in [0.29, 0.717) is 12.5 Å². The van der Waals surface area contributed by atoms with Crippen LogP contribution in [0, 0.1) is 11.8 Å². The minimum absolute atomic E-state index is 0.0323. The van der Waals surface area contributed by atoms with Crippen molar-refractivity contribution in [2.75, 3.05) is 13.1 Å². The van der Waals surface area contributed by atoms with Crippen molar-refractivity contribution in [1.29, 1.82) is 0 Å². The molecule has 1 aromatic rings. The third-order valence-corrected chi connectivity index (χ3v) is 4.29. The highest BCUT2D eigenvalue weighted by Crippen LogP contribution is 2.32. The largest absolute Gasteiger partial charge is 0.352 e. The molecule has 1 saturated heterocycles. The van der Waals surface area contributed by atoms with Crippen LogP contribution in [0.4, 0.5) is 0 Å². The van der Waals surface area contributed by atoms with E-state index < -0.39 is 0 Å². The number of aromatic nitrogens is 1. The van der Waals surface area contributed by atoms with Crippen molar-refractivity contribution < 1.29 is 9.59 Å². The summed E-state index contributed by atoms with van der Waals surface area (Å²) in [6.07, 6.45) is 7.12. The van der Waals surface area contributed by atoms with Crippen LogP contribution in [-0.4, -0.2) is 34.8 Å². The zero-order chi connectivity index (χ0) is 14.7. The summed E-state index contributed by atoms with van der Waals surface area (Å²) in [5.41, 5.74) is 1.01. The number of hydrogen-bond acceptors (Lipinski definition) is 3. The third-order valence-electron chi connectivity index (χ3n) is 4.29. The smallest absolute Gasteiger partial charge is 0.225 e. The van der Waals surface area contributed by atoms with Crippen LogP contribution in [0.15, 0.2) is 24.5 Å². The first-order valence-electron chi connectivity index (χ1n) is 7.69. The molecule has 2 amide bonds. The summed E-state index contributed by atoms with van der Waals surface area (Å²) in [5, 5.41) is 2.97. The average molecular weight is 287 g/mol. The molecule has 1 saturated carbocycles. The number of piperidine rings is 1.